The van der Waals surface area contributed by atoms with Crippen LogP contribution in [-0.2, 0) is 6.42 Å². The second-order valence-electron chi connectivity index (χ2n) is 4.05. The van der Waals surface area contributed by atoms with Gasteiger partial charge in [0, 0.05) is 12.0 Å². The molecule has 0 aliphatic heterocycles. The van der Waals surface area contributed by atoms with Crippen LogP contribution in [0.1, 0.15) is 36.7 Å². The summed E-state index contributed by atoms with van der Waals surface area (Å²) in [4.78, 5) is 12.1. The second kappa shape index (κ2) is 5.17. The Bertz CT molecular complexity index is 363. The van der Waals surface area contributed by atoms with E-state index in [0.717, 1.165) is 16.8 Å². The largest absolute Gasteiger partial charge is 0.295 e. The highest BCUT2D eigenvalue weighted by molar-refractivity contribution is 7.80. The van der Waals surface area contributed by atoms with E-state index in [0.29, 0.717) is 5.92 Å². The monoisotopic (exact) mass is 220 g/mol. The Morgan fingerprint density at radius 3 is 2.20 bits per heavy atom. The van der Waals surface area contributed by atoms with E-state index in [1.807, 2.05) is 24.3 Å². The van der Waals surface area contributed by atoms with Gasteiger partial charge in [0.05, 0.1) is 0 Å². The van der Waals surface area contributed by atoms with E-state index in [9.17, 15) is 4.79 Å². The maximum atomic E-state index is 11.1. The third-order valence-electron chi connectivity index (χ3n) is 2.38. The zero-order valence-electron chi connectivity index (χ0n) is 9.41. The Kier molecular flexibility index (Phi) is 4.15. The molecule has 0 bridgehead atoms. The summed E-state index contributed by atoms with van der Waals surface area (Å²) in [6.07, 6.45) is 0.825. The van der Waals surface area contributed by atoms with Gasteiger partial charge < -0.3 is 0 Å². The summed E-state index contributed by atoms with van der Waals surface area (Å²) in [6.45, 7) is 5.78. The summed E-state index contributed by atoms with van der Waals surface area (Å²) >= 11 is 5.28. The van der Waals surface area contributed by atoms with Crippen molar-refractivity contribution in [3.8, 4) is 0 Å². The van der Waals surface area contributed by atoms with Gasteiger partial charge in [-0.2, -0.15) is 0 Å². The number of hydrogen-bond acceptors (Lipinski definition) is 2. The van der Waals surface area contributed by atoms with E-state index in [2.05, 4.69) is 13.8 Å². The highest BCUT2D eigenvalue weighted by Crippen LogP contribution is 2.09. The zero-order valence-corrected chi connectivity index (χ0v) is 10.2. The van der Waals surface area contributed by atoms with Gasteiger partial charge in [-0.15, -0.1) is 0 Å². The van der Waals surface area contributed by atoms with Crippen LogP contribution < -0.4 is 0 Å². The van der Waals surface area contributed by atoms with Crippen LogP contribution in [0.4, 0.5) is 0 Å². The Morgan fingerprint density at radius 1 is 1.27 bits per heavy atom. The molecule has 0 saturated heterocycles. The molecular formula is C13H16OS. The summed E-state index contributed by atoms with van der Waals surface area (Å²) < 4.78 is 0. The molecule has 1 aromatic rings. The molecule has 2 heteroatoms. The third kappa shape index (κ3) is 3.56. The van der Waals surface area contributed by atoms with Crippen molar-refractivity contribution in [1.82, 2.24) is 0 Å². The lowest BCUT2D eigenvalue weighted by Gasteiger charge is -2.07. The Hall–Kier alpha value is -1.02. The fourth-order valence-electron chi connectivity index (χ4n) is 1.26. The number of rotatable bonds is 4. The summed E-state index contributed by atoms with van der Waals surface area (Å²) in [6, 6.07) is 7.68. The number of hydrogen-bond donors (Lipinski definition) is 0. The highest BCUT2D eigenvalue weighted by Gasteiger charge is 2.04. The van der Waals surface area contributed by atoms with Gasteiger partial charge in [-0.25, -0.2) is 0 Å². The first kappa shape index (κ1) is 12.1. The SMILES string of the molecule is CC(=O)c1ccc(CC(=S)C(C)C)cc1. The second-order valence-corrected chi connectivity index (χ2v) is 4.58. The lowest BCUT2D eigenvalue weighted by molar-refractivity contribution is 0.101. The van der Waals surface area contributed by atoms with Crippen LogP contribution in [0.5, 0.6) is 0 Å². The molecule has 0 atom stereocenters. The number of carbonyl (C=O) groups is 1. The van der Waals surface area contributed by atoms with Gasteiger partial charge >= 0.3 is 0 Å². The van der Waals surface area contributed by atoms with Crippen molar-refractivity contribution in [3.63, 3.8) is 0 Å². The molecule has 0 aliphatic carbocycles. The van der Waals surface area contributed by atoms with Gasteiger partial charge in [0.25, 0.3) is 0 Å². The van der Waals surface area contributed by atoms with Crippen molar-refractivity contribution < 1.29 is 4.79 Å². The molecule has 0 amide bonds. The maximum Gasteiger partial charge on any atom is 0.159 e. The van der Waals surface area contributed by atoms with Crippen molar-refractivity contribution >= 4 is 22.9 Å². The first-order valence-electron chi connectivity index (χ1n) is 5.13. The van der Waals surface area contributed by atoms with Crippen LogP contribution in [0, 0.1) is 5.92 Å². The lowest BCUT2D eigenvalue weighted by Crippen LogP contribution is -2.07. The van der Waals surface area contributed by atoms with Gasteiger partial charge in [-0.1, -0.05) is 50.3 Å². The van der Waals surface area contributed by atoms with Crippen LogP contribution in [0.3, 0.4) is 0 Å². The zero-order chi connectivity index (χ0) is 11.4. The summed E-state index contributed by atoms with van der Waals surface area (Å²) in [5.41, 5.74) is 1.94. The van der Waals surface area contributed by atoms with Crippen molar-refractivity contribution in [3.05, 3.63) is 35.4 Å². The first-order chi connectivity index (χ1) is 7.00. The maximum absolute atomic E-state index is 11.1. The predicted molar refractivity (Wildman–Crippen MR) is 67.6 cm³/mol. The smallest absolute Gasteiger partial charge is 0.159 e. The predicted octanol–water partition coefficient (Wildman–Crippen LogP) is 3.46. The minimum atomic E-state index is 0.105. The number of thiocarbonyl (C=S) groups is 1. The van der Waals surface area contributed by atoms with E-state index < -0.39 is 0 Å². The van der Waals surface area contributed by atoms with Gasteiger partial charge in [0.15, 0.2) is 5.78 Å². The van der Waals surface area contributed by atoms with Crippen LogP contribution in [0.2, 0.25) is 0 Å². The first-order valence-corrected chi connectivity index (χ1v) is 5.54. The molecule has 80 valence electrons. The minimum absolute atomic E-state index is 0.105. The topological polar surface area (TPSA) is 17.1 Å². The van der Waals surface area contributed by atoms with Crippen LogP contribution in [0.15, 0.2) is 24.3 Å². The molecule has 1 aromatic carbocycles. The van der Waals surface area contributed by atoms with Crippen molar-refractivity contribution in [1.29, 1.82) is 0 Å². The third-order valence-corrected chi connectivity index (χ3v) is 3.00. The van der Waals surface area contributed by atoms with Crippen molar-refractivity contribution in [2.45, 2.75) is 27.2 Å². The van der Waals surface area contributed by atoms with Crippen LogP contribution >= 0.6 is 12.2 Å². The standard InChI is InChI=1S/C13H16OS/c1-9(2)13(15)8-11-4-6-12(7-5-11)10(3)14/h4-7,9H,8H2,1-3H3. The molecular weight excluding hydrogens is 204 g/mol. The van der Waals surface area contributed by atoms with E-state index >= 15 is 0 Å². The Morgan fingerprint density at radius 2 is 1.80 bits per heavy atom. The van der Waals surface area contributed by atoms with E-state index in [1.54, 1.807) is 6.92 Å². The molecule has 0 saturated carbocycles. The van der Waals surface area contributed by atoms with E-state index in [1.165, 1.54) is 5.56 Å². The molecule has 0 radical (unpaired) electrons. The molecule has 1 nitrogen and oxygen atoms in total. The van der Waals surface area contributed by atoms with E-state index in [4.69, 9.17) is 12.2 Å². The summed E-state index contributed by atoms with van der Waals surface area (Å²) in [5, 5.41) is 0. The van der Waals surface area contributed by atoms with Gasteiger partial charge in [-0.3, -0.25) is 4.79 Å². The molecule has 0 N–H and O–H groups in total. The fraction of sp³-hybridized carbons (Fsp3) is 0.385. The molecule has 0 aromatic heterocycles. The fourth-order valence-corrected chi connectivity index (χ4v) is 1.43. The number of benzene rings is 1. The molecule has 0 spiro atoms. The van der Waals surface area contributed by atoms with Gasteiger partial charge in [-0.05, 0) is 23.3 Å². The minimum Gasteiger partial charge on any atom is -0.295 e. The summed E-state index contributed by atoms with van der Waals surface area (Å²) in [5.74, 6) is 0.542. The Balaban J connectivity index is 2.73. The van der Waals surface area contributed by atoms with Crippen LogP contribution in [0.25, 0.3) is 0 Å². The number of carbonyl (C=O) groups excluding carboxylic acids is 1. The van der Waals surface area contributed by atoms with Crippen LogP contribution in [-0.4, -0.2) is 10.6 Å². The van der Waals surface area contributed by atoms with Gasteiger partial charge in [0.1, 0.15) is 0 Å². The van der Waals surface area contributed by atoms with Crippen molar-refractivity contribution in [2.24, 2.45) is 5.92 Å². The average Bonchev–Trinajstić information content (AvgIpc) is 2.18. The molecule has 1 rings (SSSR count). The number of ketones is 1. The quantitative estimate of drug-likeness (QED) is 0.571. The molecule has 0 fully saturated rings. The molecule has 0 heterocycles. The molecule has 15 heavy (non-hydrogen) atoms. The Labute approximate surface area is 96.5 Å². The normalized spacial score (nSPS) is 10.4. The van der Waals surface area contributed by atoms with E-state index in [-0.39, 0.29) is 5.78 Å². The number of Topliss-reactive ketones (excluding diaryl/α,β-unsaturated/α-hetero) is 1. The molecule has 0 unspecified atom stereocenters. The molecule has 0 aliphatic rings. The summed E-state index contributed by atoms with van der Waals surface area (Å²) in [7, 11) is 0. The van der Waals surface area contributed by atoms with Crippen molar-refractivity contribution in [2.75, 3.05) is 0 Å². The average molecular weight is 220 g/mol. The highest BCUT2D eigenvalue weighted by atomic mass is 32.1. The van der Waals surface area contributed by atoms with Gasteiger partial charge in [0.2, 0.25) is 0 Å². The lowest BCUT2D eigenvalue weighted by atomic mass is 10.0.